The molecular weight excluding hydrogens is 352 g/mol. The van der Waals surface area contributed by atoms with Crippen molar-refractivity contribution in [3.05, 3.63) is 15.9 Å². The summed E-state index contributed by atoms with van der Waals surface area (Å²) in [6.45, 7) is -0.166. The fourth-order valence-electron chi connectivity index (χ4n) is 0.926. The van der Waals surface area contributed by atoms with Crippen LogP contribution in [0.3, 0.4) is 0 Å². The summed E-state index contributed by atoms with van der Waals surface area (Å²) in [5.41, 5.74) is 0. The van der Waals surface area contributed by atoms with Gasteiger partial charge in [0.1, 0.15) is 4.21 Å². The Morgan fingerprint density at radius 1 is 1.29 bits per heavy atom. The standard InChI is InChI=1S/C7H11BrN2O4S3/c1-9-16(11,12)5-4-10-17(13,14)7-3-2-6(8)15-7/h2-3,9-10H,4-5H2,1H3. The average Bonchev–Trinajstić information content (AvgIpc) is 2.65. The fraction of sp³-hybridized carbons (Fsp3) is 0.429. The van der Waals surface area contributed by atoms with Crippen molar-refractivity contribution in [3.63, 3.8) is 0 Å². The van der Waals surface area contributed by atoms with E-state index in [1.807, 2.05) is 0 Å². The molecule has 17 heavy (non-hydrogen) atoms. The Morgan fingerprint density at radius 2 is 1.94 bits per heavy atom. The van der Waals surface area contributed by atoms with Crippen LogP contribution in [0.25, 0.3) is 0 Å². The highest BCUT2D eigenvalue weighted by Gasteiger charge is 2.17. The van der Waals surface area contributed by atoms with E-state index in [2.05, 4.69) is 25.4 Å². The molecule has 1 aromatic heterocycles. The molecular formula is C7H11BrN2O4S3. The number of sulfonamides is 2. The van der Waals surface area contributed by atoms with Gasteiger partial charge in [-0.3, -0.25) is 0 Å². The quantitative estimate of drug-likeness (QED) is 0.762. The van der Waals surface area contributed by atoms with Crippen LogP contribution in [-0.2, 0) is 20.0 Å². The molecule has 98 valence electrons. The summed E-state index contributed by atoms with van der Waals surface area (Å²) in [4.78, 5) is 0. The van der Waals surface area contributed by atoms with Crippen molar-refractivity contribution in [3.8, 4) is 0 Å². The molecule has 0 atom stereocenters. The van der Waals surface area contributed by atoms with Gasteiger partial charge in [-0.1, -0.05) is 0 Å². The summed E-state index contributed by atoms with van der Waals surface area (Å²) >= 11 is 4.22. The second-order valence-corrected chi connectivity index (χ2v) is 9.48. The van der Waals surface area contributed by atoms with Crippen LogP contribution in [0.1, 0.15) is 0 Å². The zero-order chi connectivity index (χ0) is 13.1. The number of nitrogens with one attached hydrogen (secondary N) is 2. The lowest BCUT2D eigenvalue weighted by molar-refractivity contribution is 0.580. The van der Waals surface area contributed by atoms with Crippen molar-refractivity contribution in [1.82, 2.24) is 9.44 Å². The van der Waals surface area contributed by atoms with Crippen LogP contribution < -0.4 is 9.44 Å². The number of hydrogen-bond donors (Lipinski definition) is 2. The van der Waals surface area contributed by atoms with Crippen LogP contribution in [0.2, 0.25) is 0 Å². The Hall–Kier alpha value is -0.0000000000000000833. The van der Waals surface area contributed by atoms with Crippen molar-refractivity contribution >= 4 is 47.3 Å². The van der Waals surface area contributed by atoms with Crippen LogP contribution >= 0.6 is 27.3 Å². The Balaban J connectivity index is 2.64. The van der Waals surface area contributed by atoms with Crippen LogP contribution in [0.5, 0.6) is 0 Å². The third-order valence-electron chi connectivity index (χ3n) is 1.79. The van der Waals surface area contributed by atoms with E-state index in [0.717, 1.165) is 11.3 Å². The zero-order valence-electron chi connectivity index (χ0n) is 8.80. The second-order valence-electron chi connectivity index (χ2n) is 2.98. The van der Waals surface area contributed by atoms with Gasteiger partial charge < -0.3 is 0 Å². The minimum Gasteiger partial charge on any atom is -0.218 e. The van der Waals surface area contributed by atoms with E-state index in [0.29, 0.717) is 3.79 Å². The van der Waals surface area contributed by atoms with Gasteiger partial charge in [0.15, 0.2) is 0 Å². The fourth-order valence-corrected chi connectivity index (χ4v) is 4.72. The molecule has 0 unspecified atom stereocenters. The van der Waals surface area contributed by atoms with Gasteiger partial charge in [-0.2, -0.15) is 0 Å². The first-order chi connectivity index (χ1) is 7.77. The van der Waals surface area contributed by atoms with Crippen molar-refractivity contribution in [1.29, 1.82) is 0 Å². The largest absolute Gasteiger partial charge is 0.250 e. The van der Waals surface area contributed by atoms with Gasteiger partial charge >= 0.3 is 0 Å². The van der Waals surface area contributed by atoms with Gasteiger partial charge in [0.25, 0.3) is 0 Å². The van der Waals surface area contributed by atoms with E-state index >= 15 is 0 Å². The topological polar surface area (TPSA) is 92.3 Å². The minimum atomic E-state index is -3.62. The molecule has 1 heterocycles. The molecule has 10 heteroatoms. The van der Waals surface area contributed by atoms with E-state index in [1.54, 1.807) is 6.07 Å². The molecule has 0 aliphatic heterocycles. The van der Waals surface area contributed by atoms with Crippen molar-refractivity contribution in [2.75, 3.05) is 19.3 Å². The molecule has 0 saturated carbocycles. The average molecular weight is 363 g/mol. The normalized spacial score (nSPS) is 12.8. The molecule has 6 nitrogen and oxygen atoms in total. The maximum atomic E-state index is 11.7. The van der Waals surface area contributed by atoms with Gasteiger partial charge in [0.2, 0.25) is 20.0 Å². The molecule has 1 rings (SSSR count). The van der Waals surface area contributed by atoms with E-state index in [1.165, 1.54) is 13.1 Å². The van der Waals surface area contributed by atoms with Gasteiger partial charge in [-0.15, -0.1) is 11.3 Å². The maximum absolute atomic E-state index is 11.7. The zero-order valence-corrected chi connectivity index (χ0v) is 12.8. The highest BCUT2D eigenvalue weighted by molar-refractivity contribution is 9.11. The molecule has 0 saturated heterocycles. The number of halogens is 1. The molecule has 0 bridgehead atoms. The lowest BCUT2D eigenvalue weighted by Crippen LogP contribution is -2.32. The SMILES string of the molecule is CNS(=O)(=O)CCNS(=O)(=O)c1ccc(Br)s1. The van der Waals surface area contributed by atoms with Crippen molar-refractivity contribution in [2.24, 2.45) is 0 Å². The third kappa shape index (κ3) is 4.64. The number of thiophene rings is 1. The van der Waals surface area contributed by atoms with Crippen molar-refractivity contribution in [2.45, 2.75) is 4.21 Å². The van der Waals surface area contributed by atoms with Crippen LogP contribution in [0, 0.1) is 0 Å². The first-order valence-corrected chi connectivity index (χ1v) is 9.17. The molecule has 0 aliphatic carbocycles. The molecule has 1 aromatic rings. The van der Waals surface area contributed by atoms with E-state index in [9.17, 15) is 16.8 Å². The van der Waals surface area contributed by atoms with Gasteiger partial charge in [0, 0.05) is 6.54 Å². The lowest BCUT2D eigenvalue weighted by Gasteiger charge is -2.04. The van der Waals surface area contributed by atoms with Crippen molar-refractivity contribution < 1.29 is 16.8 Å². The highest BCUT2D eigenvalue weighted by atomic mass is 79.9. The van der Waals surface area contributed by atoms with Gasteiger partial charge in [0.05, 0.1) is 9.54 Å². The summed E-state index contributed by atoms with van der Waals surface area (Å²) in [5, 5.41) is 0. The number of hydrogen-bond acceptors (Lipinski definition) is 5. The monoisotopic (exact) mass is 362 g/mol. The molecule has 0 radical (unpaired) electrons. The van der Waals surface area contributed by atoms with E-state index < -0.39 is 20.0 Å². The Morgan fingerprint density at radius 3 is 2.41 bits per heavy atom. The van der Waals surface area contributed by atoms with Crippen LogP contribution in [0.15, 0.2) is 20.1 Å². The Labute approximate surface area is 113 Å². The molecule has 0 aliphatic rings. The Bertz CT molecular complexity index is 578. The lowest BCUT2D eigenvalue weighted by atomic mass is 10.7. The molecule has 2 N–H and O–H groups in total. The highest BCUT2D eigenvalue weighted by Crippen LogP contribution is 2.25. The van der Waals surface area contributed by atoms with Crippen LogP contribution in [0.4, 0.5) is 0 Å². The third-order valence-corrected chi connectivity index (χ3v) is 6.73. The predicted octanol–water partition coefficient (Wildman–Crippen LogP) is 0.338. The second kappa shape index (κ2) is 5.76. The number of rotatable bonds is 6. The van der Waals surface area contributed by atoms with Gasteiger partial charge in [-0.05, 0) is 35.1 Å². The molecule has 0 amide bonds. The molecule has 0 spiro atoms. The summed E-state index contributed by atoms with van der Waals surface area (Å²) in [7, 11) is -5.75. The summed E-state index contributed by atoms with van der Waals surface area (Å²) in [6.07, 6.45) is 0. The summed E-state index contributed by atoms with van der Waals surface area (Å²) < 4.78 is 50.7. The summed E-state index contributed by atoms with van der Waals surface area (Å²) in [5.74, 6) is -0.296. The summed E-state index contributed by atoms with van der Waals surface area (Å²) in [6, 6.07) is 3.06. The first-order valence-electron chi connectivity index (χ1n) is 4.43. The Kier molecular flexibility index (Phi) is 5.10. The predicted molar refractivity (Wildman–Crippen MR) is 70.1 cm³/mol. The van der Waals surface area contributed by atoms with E-state index in [-0.39, 0.29) is 16.5 Å². The van der Waals surface area contributed by atoms with Crippen LogP contribution in [-0.4, -0.2) is 36.2 Å². The molecule has 0 aromatic carbocycles. The van der Waals surface area contributed by atoms with E-state index in [4.69, 9.17) is 0 Å². The first kappa shape index (κ1) is 15.1. The smallest absolute Gasteiger partial charge is 0.218 e. The maximum Gasteiger partial charge on any atom is 0.250 e. The minimum absolute atomic E-state index is 0.145. The molecule has 0 fully saturated rings. The van der Waals surface area contributed by atoms with Gasteiger partial charge in [-0.25, -0.2) is 26.3 Å².